The van der Waals surface area contributed by atoms with Crippen LogP contribution in [0.2, 0.25) is 0 Å². The smallest absolute Gasteiger partial charge is 0.132 e. The fourth-order valence-electron chi connectivity index (χ4n) is 0.816. The molecule has 0 fully saturated rings. The van der Waals surface area contributed by atoms with Crippen LogP contribution in [0.1, 0.15) is 34.1 Å². The highest BCUT2D eigenvalue weighted by Gasteiger charge is 2.06. The second kappa shape index (κ2) is 6.11. The molecule has 78 valence electrons. The van der Waals surface area contributed by atoms with Crippen molar-refractivity contribution in [2.75, 3.05) is 19.8 Å². The number of nitrogens with one attached hydrogen (secondary N) is 1. The van der Waals surface area contributed by atoms with E-state index in [2.05, 4.69) is 26.1 Å². The minimum Gasteiger partial charge on any atom is -0.380 e. The molecule has 0 aromatic heterocycles. The van der Waals surface area contributed by atoms with Gasteiger partial charge in [-0.05, 0) is 27.7 Å². The van der Waals surface area contributed by atoms with Gasteiger partial charge >= 0.3 is 0 Å². The van der Waals surface area contributed by atoms with Crippen molar-refractivity contribution in [1.29, 1.82) is 0 Å². The van der Waals surface area contributed by atoms with Gasteiger partial charge in [0.1, 0.15) is 5.78 Å². The molecule has 0 unspecified atom stereocenters. The third kappa shape index (κ3) is 11.6. The van der Waals surface area contributed by atoms with E-state index in [-0.39, 0.29) is 11.3 Å². The topological polar surface area (TPSA) is 38.3 Å². The number of carbonyl (C=O) groups is 1. The zero-order valence-corrected chi connectivity index (χ0v) is 9.14. The Morgan fingerprint density at radius 1 is 1.31 bits per heavy atom. The second-order valence-electron chi connectivity index (χ2n) is 4.24. The van der Waals surface area contributed by atoms with Gasteiger partial charge in [0, 0.05) is 18.5 Å². The SMILES string of the molecule is CC(=O)CCOCCNC(C)(C)C. The van der Waals surface area contributed by atoms with Crippen molar-refractivity contribution < 1.29 is 9.53 Å². The van der Waals surface area contributed by atoms with Gasteiger partial charge in [-0.3, -0.25) is 4.79 Å². The Balaban J connectivity index is 3.13. The molecule has 0 radical (unpaired) electrons. The van der Waals surface area contributed by atoms with Crippen molar-refractivity contribution in [3.8, 4) is 0 Å². The summed E-state index contributed by atoms with van der Waals surface area (Å²) in [6.07, 6.45) is 0.523. The van der Waals surface area contributed by atoms with Gasteiger partial charge in [-0.25, -0.2) is 0 Å². The van der Waals surface area contributed by atoms with Crippen molar-refractivity contribution in [3.05, 3.63) is 0 Å². The predicted molar refractivity (Wildman–Crippen MR) is 53.9 cm³/mol. The van der Waals surface area contributed by atoms with Gasteiger partial charge in [0.2, 0.25) is 0 Å². The Morgan fingerprint density at radius 3 is 2.38 bits per heavy atom. The van der Waals surface area contributed by atoms with Crippen LogP contribution in [-0.2, 0) is 9.53 Å². The molecular weight excluding hydrogens is 166 g/mol. The molecule has 0 saturated heterocycles. The fourth-order valence-corrected chi connectivity index (χ4v) is 0.816. The summed E-state index contributed by atoms with van der Waals surface area (Å²) in [7, 11) is 0. The fraction of sp³-hybridized carbons (Fsp3) is 0.900. The zero-order valence-electron chi connectivity index (χ0n) is 9.14. The van der Waals surface area contributed by atoms with E-state index in [9.17, 15) is 4.79 Å². The molecule has 0 aliphatic carbocycles. The maximum atomic E-state index is 10.5. The lowest BCUT2D eigenvalue weighted by atomic mass is 10.1. The van der Waals surface area contributed by atoms with Crippen LogP contribution in [0.4, 0.5) is 0 Å². The summed E-state index contributed by atoms with van der Waals surface area (Å²) in [4.78, 5) is 10.5. The van der Waals surface area contributed by atoms with Crippen molar-refractivity contribution >= 4 is 5.78 Å². The highest BCUT2D eigenvalue weighted by atomic mass is 16.5. The molecule has 0 aliphatic heterocycles. The molecule has 0 aromatic carbocycles. The van der Waals surface area contributed by atoms with Crippen LogP contribution >= 0.6 is 0 Å². The molecule has 0 spiro atoms. The summed E-state index contributed by atoms with van der Waals surface area (Å²) in [6.45, 7) is 9.97. The lowest BCUT2D eigenvalue weighted by Crippen LogP contribution is -2.38. The van der Waals surface area contributed by atoms with E-state index in [0.717, 1.165) is 6.54 Å². The summed E-state index contributed by atoms with van der Waals surface area (Å²) in [6, 6.07) is 0. The van der Waals surface area contributed by atoms with Crippen LogP contribution in [0.5, 0.6) is 0 Å². The Kier molecular flexibility index (Phi) is 5.91. The van der Waals surface area contributed by atoms with Crippen molar-refractivity contribution in [2.24, 2.45) is 0 Å². The third-order valence-corrected chi connectivity index (χ3v) is 1.50. The zero-order chi connectivity index (χ0) is 10.3. The molecule has 0 aliphatic rings. The van der Waals surface area contributed by atoms with Crippen LogP contribution in [0.25, 0.3) is 0 Å². The molecule has 0 saturated carbocycles. The summed E-state index contributed by atoms with van der Waals surface area (Å²) in [5.74, 6) is 0.184. The maximum absolute atomic E-state index is 10.5. The number of ether oxygens (including phenoxy) is 1. The summed E-state index contributed by atoms with van der Waals surface area (Å²) < 4.78 is 5.26. The monoisotopic (exact) mass is 187 g/mol. The molecule has 0 atom stereocenters. The normalized spacial score (nSPS) is 11.7. The Bertz CT molecular complexity index is 149. The predicted octanol–water partition coefficient (Wildman–Crippen LogP) is 1.37. The Hall–Kier alpha value is -0.410. The summed E-state index contributed by atoms with van der Waals surface area (Å²) >= 11 is 0. The molecule has 0 heterocycles. The van der Waals surface area contributed by atoms with Gasteiger partial charge in [0.05, 0.1) is 13.2 Å². The van der Waals surface area contributed by atoms with Crippen LogP contribution in [-0.4, -0.2) is 31.1 Å². The van der Waals surface area contributed by atoms with Gasteiger partial charge in [-0.1, -0.05) is 0 Å². The highest BCUT2D eigenvalue weighted by Crippen LogP contribution is 1.96. The maximum Gasteiger partial charge on any atom is 0.132 e. The van der Waals surface area contributed by atoms with Crippen molar-refractivity contribution in [2.45, 2.75) is 39.7 Å². The van der Waals surface area contributed by atoms with Crippen LogP contribution in [0, 0.1) is 0 Å². The van der Waals surface area contributed by atoms with Crippen molar-refractivity contribution in [3.63, 3.8) is 0 Å². The van der Waals surface area contributed by atoms with Gasteiger partial charge < -0.3 is 10.1 Å². The third-order valence-electron chi connectivity index (χ3n) is 1.50. The molecular formula is C10H21NO2. The van der Waals surface area contributed by atoms with Gasteiger partial charge in [-0.2, -0.15) is 0 Å². The first-order valence-corrected chi connectivity index (χ1v) is 4.74. The molecule has 1 N–H and O–H groups in total. The molecule has 0 rings (SSSR count). The Labute approximate surface area is 80.8 Å². The molecule has 0 bridgehead atoms. The molecule has 0 amide bonds. The number of carbonyl (C=O) groups excluding carboxylic acids is 1. The molecule has 13 heavy (non-hydrogen) atoms. The van der Waals surface area contributed by atoms with Crippen LogP contribution in [0.15, 0.2) is 0 Å². The van der Waals surface area contributed by atoms with Crippen LogP contribution in [0.3, 0.4) is 0 Å². The van der Waals surface area contributed by atoms with E-state index in [0.29, 0.717) is 19.6 Å². The molecule has 3 heteroatoms. The number of hydrogen-bond donors (Lipinski definition) is 1. The summed E-state index contributed by atoms with van der Waals surface area (Å²) in [5, 5.41) is 3.30. The minimum absolute atomic E-state index is 0.143. The largest absolute Gasteiger partial charge is 0.380 e. The number of hydrogen-bond acceptors (Lipinski definition) is 3. The molecule has 0 aromatic rings. The van der Waals surface area contributed by atoms with E-state index < -0.39 is 0 Å². The summed E-state index contributed by atoms with van der Waals surface area (Å²) in [5.41, 5.74) is 0.143. The highest BCUT2D eigenvalue weighted by molar-refractivity contribution is 5.75. The average molecular weight is 187 g/mol. The number of rotatable bonds is 6. The second-order valence-corrected chi connectivity index (χ2v) is 4.24. The first-order chi connectivity index (χ1) is 5.92. The number of Topliss-reactive ketones (excluding diaryl/α,β-unsaturated/α-hetero) is 1. The first kappa shape index (κ1) is 12.6. The number of ketones is 1. The van der Waals surface area contributed by atoms with E-state index in [1.54, 1.807) is 6.92 Å². The minimum atomic E-state index is 0.143. The van der Waals surface area contributed by atoms with Gasteiger partial charge in [0.25, 0.3) is 0 Å². The average Bonchev–Trinajstić information content (AvgIpc) is 1.93. The van der Waals surface area contributed by atoms with E-state index in [4.69, 9.17) is 4.74 Å². The lowest BCUT2D eigenvalue weighted by Gasteiger charge is -2.20. The first-order valence-electron chi connectivity index (χ1n) is 4.74. The Morgan fingerprint density at radius 2 is 1.92 bits per heavy atom. The quantitative estimate of drug-likeness (QED) is 0.638. The van der Waals surface area contributed by atoms with Crippen LogP contribution < -0.4 is 5.32 Å². The van der Waals surface area contributed by atoms with E-state index >= 15 is 0 Å². The van der Waals surface area contributed by atoms with Crippen molar-refractivity contribution in [1.82, 2.24) is 5.32 Å². The van der Waals surface area contributed by atoms with E-state index in [1.807, 2.05) is 0 Å². The van der Waals surface area contributed by atoms with E-state index in [1.165, 1.54) is 0 Å². The van der Waals surface area contributed by atoms with Gasteiger partial charge in [-0.15, -0.1) is 0 Å². The van der Waals surface area contributed by atoms with Gasteiger partial charge in [0.15, 0.2) is 0 Å². The lowest BCUT2D eigenvalue weighted by molar-refractivity contribution is -0.118. The molecule has 3 nitrogen and oxygen atoms in total. The standard InChI is InChI=1S/C10H21NO2/c1-9(12)5-7-13-8-6-11-10(2,3)4/h11H,5-8H2,1-4H3.